The normalized spacial score (nSPS) is 29.9. The molecule has 2 fully saturated rings. The molecule has 0 aromatic rings. The summed E-state index contributed by atoms with van der Waals surface area (Å²) in [7, 11) is 0. The standard InChI is InChI=1S/C16H29NO4/c1-15(2,3)21-14(18)17-9-8-16(4,12-17)20-11-7-13-6-5-10-19-13/h13H,5-12H2,1-4H3. The minimum atomic E-state index is -0.448. The Labute approximate surface area is 127 Å². The second-order valence-electron chi connectivity index (χ2n) is 7.37. The average Bonchev–Trinajstić information content (AvgIpc) is 2.97. The minimum Gasteiger partial charge on any atom is -0.444 e. The van der Waals surface area contributed by atoms with Gasteiger partial charge in [-0.05, 0) is 53.4 Å². The molecule has 2 saturated heterocycles. The van der Waals surface area contributed by atoms with Gasteiger partial charge in [-0.2, -0.15) is 0 Å². The van der Waals surface area contributed by atoms with Gasteiger partial charge in [0.15, 0.2) is 0 Å². The predicted octanol–water partition coefficient (Wildman–Crippen LogP) is 2.97. The van der Waals surface area contributed by atoms with Crippen molar-refractivity contribution in [1.82, 2.24) is 4.90 Å². The van der Waals surface area contributed by atoms with E-state index in [-0.39, 0.29) is 11.7 Å². The second-order valence-corrected chi connectivity index (χ2v) is 7.37. The molecule has 0 aromatic carbocycles. The molecule has 0 saturated carbocycles. The first-order valence-electron chi connectivity index (χ1n) is 8.01. The zero-order valence-electron chi connectivity index (χ0n) is 13.8. The Hall–Kier alpha value is -0.810. The Kier molecular flexibility index (Phi) is 5.15. The summed E-state index contributed by atoms with van der Waals surface area (Å²) < 4.78 is 17.0. The van der Waals surface area contributed by atoms with Crippen LogP contribution < -0.4 is 0 Å². The van der Waals surface area contributed by atoms with Crippen molar-refractivity contribution in [3.8, 4) is 0 Å². The highest BCUT2D eigenvalue weighted by Crippen LogP contribution is 2.27. The summed E-state index contributed by atoms with van der Waals surface area (Å²) in [6.45, 7) is 10.6. The second kappa shape index (κ2) is 6.53. The van der Waals surface area contributed by atoms with Crippen LogP contribution in [0, 0.1) is 0 Å². The van der Waals surface area contributed by atoms with Crippen LogP contribution in [0.5, 0.6) is 0 Å². The summed E-state index contributed by atoms with van der Waals surface area (Å²) in [5.74, 6) is 0. The van der Waals surface area contributed by atoms with Gasteiger partial charge in [0.25, 0.3) is 0 Å². The van der Waals surface area contributed by atoms with E-state index in [0.717, 1.165) is 32.3 Å². The number of hydrogen-bond donors (Lipinski definition) is 0. The molecule has 0 spiro atoms. The average molecular weight is 299 g/mol. The van der Waals surface area contributed by atoms with Crippen LogP contribution in [0.1, 0.15) is 53.4 Å². The number of hydrogen-bond acceptors (Lipinski definition) is 4. The highest BCUT2D eigenvalue weighted by Gasteiger charge is 2.38. The number of nitrogens with zero attached hydrogens (tertiary/aromatic N) is 1. The van der Waals surface area contributed by atoms with Crippen molar-refractivity contribution >= 4 is 6.09 Å². The Bertz CT molecular complexity index is 360. The summed E-state index contributed by atoms with van der Waals surface area (Å²) in [4.78, 5) is 13.8. The fourth-order valence-electron chi connectivity index (χ4n) is 2.84. The van der Waals surface area contributed by atoms with E-state index in [1.54, 1.807) is 4.90 Å². The topological polar surface area (TPSA) is 48.0 Å². The molecule has 1 amide bonds. The van der Waals surface area contributed by atoms with Crippen molar-refractivity contribution < 1.29 is 19.0 Å². The number of likely N-dealkylation sites (tertiary alicyclic amines) is 1. The van der Waals surface area contributed by atoms with E-state index in [9.17, 15) is 4.79 Å². The van der Waals surface area contributed by atoms with Crippen molar-refractivity contribution in [2.75, 3.05) is 26.3 Å². The van der Waals surface area contributed by atoms with E-state index in [1.165, 1.54) is 0 Å². The van der Waals surface area contributed by atoms with Gasteiger partial charge in [-0.3, -0.25) is 0 Å². The van der Waals surface area contributed by atoms with Crippen LogP contribution in [-0.2, 0) is 14.2 Å². The number of ether oxygens (including phenoxy) is 3. The molecule has 2 atom stereocenters. The third kappa shape index (κ3) is 5.15. The zero-order valence-corrected chi connectivity index (χ0v) is 13.8. The van der Waals surface area contributed by atoms with E-state index < -0.39 is 5.60 Å². The van der Waals surface area contributed by atoms with Gasteiger partial charge < -0.3 is 19.1 Å². The molecule has 2 aliphatic rings. The molecule has 2 rings (SSSR count). The summed E-state index contributed by atoms with van der Waals surface area (Å²) in [6, 6.07) is 0. The van der Waals surface area contributed by atoms with Crippen LogP contribution in [0.4, 0.5) is 4.79 Å². The third-order valence-electron chi connectivity index (χ3n) is 4.00. The van der Waals surface area contributed by atoms with Crippen molar-refractivity contribution in [1.29, 1.82) is 0 Å². The number of carbonyl (C=O) groups is 1. The van der Waals surface area contributed by atoms with E-state index >= 15 is 0 Å². The van der Waals surface area contributed by atoms with Crippen LogP contribution in [0.15, 0.2) is 0 Å². The molecule has 0 aliphatic carbocycles. The first-order chi connectivity index (χ1) is 9.77. The van der Waals surface area contributed by atoms with E-state index in [1.807, 2.05) is 20.8 Å². The first kappa shape index (κ1) is 16.6. The fraction of sp³-hybridized carbons (Fsp3) is 0.938. The molecular weight excluding hydrogens is 270 g/mol. The summed E-state index contributed by atoms with van der Waals surface area (Å²) in [5.41, 5.74) is -0.702. The van der Waals surface area contributed by atoms with E-state index in [0.29, 0.717) is 25.8 Å². The maximum absolute atomic E-state index is 12.1. The monoisotopic (exact) mass is 299 g/mol. The lowest BCUT2D eigenvalue weighted by molar-refractivity contribution is -0.0407. The molecule has 0 N–H and O–H groups in total. The van der Waals surface area contributed by atoms with Gasteiger partial charge in [0.05, 0.1) is 18.2 Å². The van der Waals surface area contributed by atoms with Crippen molar-refractivity contribution in [2.45, 2.75) is 70.7 Å². The highest BCUT2D eigenvalue weighted by molar-refractivity contribution is 5.68. The van der Waals surface area contributed by atoms with E-state index in [4.69, 9.17) is 14.2 Å². The quantitative estimate of drug-likeness (QED) is 0.800. The molecule has 0 bridgehead atoms. The van der Waals surface area contributed by atoms with Gasteiger partial charge in [0.1, 0.15) is 5.60 Å². The number of amides is 1. The smallest absolute Gasteiger partial charge is 0.410 e. The van der Waals surface area contributed by atoms with Crippen LogP contribution in [0.25, 0.3) is 0 Å². The molecule has 0 radical (unpaired) electrons. The zero-order chi connectivity index (χ0) is 15.5. The summed E-state index contributed by atoms with van der Waals surface area (Å²) in [5, 5.41) is 0. The molecule has 5 nitrogen and oxygen atoms in total. The third-order valence-corrected chi connectivity index (χ3v) is 4.00. The lowest BCUT2D eigenvalue weighted by Crippen LogP contribution is -2.39. The first-order valence-corrected chi connectivity index (χ1v) is 8.01. The largest absolute Gasteiger partial charge is 0.444 e. The maximum atomic E-state index is 12.1. The van der Waals surface area contributed by atoms with Gasteiger partial charge in [-0.1, -0.05) is 0 Å². The SMILES string of the molecule is CC(C)(C)OC(=O)N1CCC(C)(OCCC2CCCO2)C1. The van der Waals surface area contributed by atoms with Gasteiger partial charge in [0.2, 0.25) is 0 Å². The van der Waals surface area contributed by atoms with Crippen molar-refractivity contribution in [3.05, 3.63) is 0 Å². The Morgan fingerprint density at radius 2 is 2.19 bits per heavy atom. The predicted molar refractivity (Wildman–Crippen MR) is 80.4 cm³/mol. The summed E-state index contributed by atoms with van der Waals surface area (Å²) >= 11 is 0. The molecular formula is C16H29NO4. The summed E-state index contributed by atoms with van der Waals surface area (Å²) in [6.07, 6.45) is 4.23. The minimum absolute atomic E-state index is 0.242. The van der Waals surface area contributed by atoms with Gasteiger partial charge in [-0.25, -0.2) is 4.79 Å². The number of rotatable bonds is 4. The van der Waals surface area contributed by atoms with Crippen molar-refractivity contribution in [3.63, 3.8) is 0 Å². The maximum Gasteiger partial charge on any atom is 0.410 e. The van der Waals surface area contributed by atoms with Crippen LogP contribution in [-0.4, -0.2) is 54.6 Å². The van der Waals surface area contributed by atoms with Crippen LogP contribution >= 0.6 is 0 Å². The molecule has 2 aliphatic heterocycles. The van der Waals surface area contributed by atoms with Crippen LogP contribution in [0.3, 0.4) is 0 Å². The Morgan fingerprint density at radius 1 is 1.43 bits per heavy atom. The molecule has 2 heterocycles. The Morgan fingerprint density at radius 3 is 2.81 bits per heavy atom. The molecule has 2 unspecified atom stereocenters. The van der Waals surface area contributed by atoms with Gasteiger partial charge in [0, 0.05) is 19.8 Å². The lowest BCUT2D eigenvalue weighted by Gasteiger charge is -2.27. The molecule has 21 heavy (non-hydrogen) atoms. The van der Waals surface area contributed by atoms with Gasteiger partial charge in [-0.15, -0.1) is 0 Å². The Balaban J connectivity index is 1.73. The van der Waals surface area contributed by atoms with Gasteiger partial charge >= 0.3 is 6.09 Å². The molecule has 0 aromatic heterocycles. The van der Waals surface area contributed by atoms with Crippen LogP contribution in [0.2, 0.25) is 0 Å². The molecule has 5 heteroatoms. The highest BCUT2D eigenvalue weighted by atomic mass is 16.6. The molecule has 122 valence electrons. The number of carbonyl (C=O) groups excluding carboxylic acids is 1. The van der Waals surface area contributed by atoms with E-state index in [2.05, 4.69) is 6.92 Å². The lowest BCUT2D eigenvalue weighted by atomic mass is 10.1. The fourth-order valence-corrected chi connectivity index (χ4v) is 2.84. The van der Waals surface area contributed by atoms with Crippen molar-refractivity contribution in [2.24, 2.45) is 0 Å².